The zero-order valence-corrected chi connectivity index (χ0v) is 7.65. The predicted octanol–water partition coefficient (Wildman–Crippen LogP) is 2.81. The van der Waals surface area contributed by atoms with E-state index in [1.165, 1.54) is 0 Å². The number of fused-ring (bicyclic) bond motifs is 1. The SMILES string of the molecule is ClCc1cc2c(cc1Cl)OCO2. The minimum Gasteiger partial charge on any atom is -0.454 e. The fraction of sp³-hybridized carbons (Fsp3) is 0.250. The van der Waals surface area contributed by atoms with Gasteiger partial charge in [0.2, 0.25) is 6.79 Å². The minimum atomic E-state index is 0.261. The molecular formula is C8H6Cl2O2. The van der Waals surface area contributed by atoms with Gasteiger partial charge < -0.3 is 9.47 Å². The predicted molar refractivity (Wildman–Crippen MR) is 47.1 cm³/mol. The van der Waals surface area contributed by atoms with Crippen molar-refractivity contribution in [1.82, 2.24) is 0 Å². The molecule has 0 spiro atoms. The monoisotopic (exact) mass is 204 g/mol. The van der Waals surface area contributed by atoms with Gasteiger partial charge in [-0.15, -0.1) is 11.6 Å². The largest absolute Gasteiger partial charge is 0.454 e. The molecule has 0 radical (unpaired) electrons. The first-order chi connectivity index (χ1) is 5.81. The van der Waals surface area contributed by atoms with E-state index in [9.17, 15) is 0 Å². The van der Waals surface area contributed by atoms with Crippen LogP contribution in [-0.4, -0.2) is 6.79 Å². The molecule has 0 unspecified atom stereocenters. The van der Waals surface area contributed by atoms with Gasteiger partial charge in [-0.25, -0.2) is 0 Å². The summed E-state index contributed by atoms with van der Waals surface area (Å²) >= 11 is 11.5. The summed E-state index contributed by atoms with van der Waals surface area (Å²) in [5.41, 5.74) is 0.864. The third-order valence-corrected chi connectivity index (χ3v) is 2.33. The normalized spacial score (nSPS) is 13.5. The van der Waals surface area contributed by atoms with Crippen LogP contribution in [0.1, 0.15) is 5.56 Å². The molecule has 1 aromatic carbocycles. The quantitative estimate of drug-likeness (QED) is 0.656. The molecule has 0 bridgehead atoms. The Morgan fingerprint density at radius 2 is 1.92 bits per heavy atom. The first-order valence-electron chi connectivity index (χ1n) is 3.45. The Bertz CT molecular complexity index is 311. The van der Waals surface area contributed by atoms with Gasteiger partial charge >= 0.3 is 0 Å². The fourth-order valence-corrected chi connectivity index (χ4v) is 1.57. The van der Waals surface area contributed by atoms with Gasteiger partial charge in [-0.2, -0.15) is 0 Å². The van der Waals surface area contributed by atoms with Gasteiger partial charge in [0.25, 0.3) is 0 Å². The summed E-state index contributed by atoms with van der Waals surface area (Å²) in [7, 11) is 0. The second kappa shape index (κ2) is 3.04. The summed E-state index contributed by atoms with van der Waals surface area (Å²) < 4.78 is 10.3. The van der Waals surface area contributed by atoms with Crippen LogP contribution in [0, 0.1) is 0 Å². The van der Waals surface area contributed by atoms with Crippen LogP contribution in [0.4, 0.5) is 0 Å². The molecule has 1 aliphatic heterocycles. The summed E-state index contributed by atoms with van der Waals surface area (Å²) in [6.07, 6.45) is 0. The number of ether oxygens (including phenoxy) is 2. The van der Waals surface area contributed by atoms with Crippen LogP contribution in [0.3, 0.4) is 0 Å². The van der Waals surface area contributed by atoms with Crippen molar-refractivity contribution in [1.29, 1.82) is 0 Å². The van der Waals surface area contributed by atoms with E-state index in [4.69, 9.17) is 32.7 Å². The van der Waals surface area contributed by atoms with Crippen molar-refractivity contribution in [3.05, 3.63) is 22.7 Å². The van der Waals surface area contributed by atoms with Gasteiger partial charge in [0.05, 0.1) is 0 Å². The van der Waals surface area contributed by atoms with E-state index in [-0.39, 0.29) is 6.79 Å². The highest BCUT2D eigenvalue weighted by molar-refractivity contribution is 6.32. The molecule has 2 rings (SSSR count). The maximum absolute atomic E-state index is 5.89. The topological polar surface area (TPSA) is 18.5 Å². The van der Waals surface area contributed by atoms with Gasteiger partial charge in [0, 0.05) is 17.0 Å². The number of halogens is 2. The minimum absolute atomic E-state index is 0.261. The molecule has 1 aromatic rings. The van der Waals surface area contributed by atoms with E-state index in [2.05, 4.69) is 0 Å². The van der Waals surface area contributed by atoms with Crippen LogP contribution < -0.4 is 9.47 Å². The Balaban J connectivity index is 2.49. The summed E-state index contributed by atoms with van der Waals surface area (Å²) in [6.45, 7) is 0.261. The lowest BCUT2D eigenvalue weighted by Gasteiger charge is -2.01. The molecule has 12 heavy (non-hydrogen) atoms. The molecule has 0 aliphatic carbocycles. The summed E-state index contributed by atoms with van der Waals surface area (Å²) in [5.74, 6) is 1.79. The van der Waals surface area contributed by atoms with Crippen molar-refractivity contribution < 1.29 is 9.47 Å². The van der Waals surface area contributed by atoms with Crippen molar-refractivity contribution in [3.8, 4) is 11.5 Å². The Morgan fingerprint density at radius 1 is 1.25 bits per heavy atom. The first kappa shape index (κ1) is 8.02. The summed E-state index contributed by atoms with van der Waals surface area (Å²) in [6, 6.07) is 3.53. The molecule has 1 aliphatic rings. The third kappa shape index (κ3) is 1.21. The Morgan fingerprint density at radius 3 is 2.58 bits per heavy atom. The van der Waals surface area contributed by atoms with Crippen LogP contribution in [0.15, 0.2) is 12.1 Å². The Kier molecular flexibility index (Phi) is 2.03. The van der Waals surface area contributed by atoms with Gasteiger partial charge in [0.15, 0.2) is 11.5 Å². The molecule has 0 fully saturated rings. The van der Waals surface area contributed by atoms with Gasteiger partial charge in [-0.3, -0.25) is 0 Å². The maximum atomic E-state index is 5.89. The molecule has 0 aromatic heterocycles. The first-order valence-corrected chi connectivity index (χ1v) is 4.36. The smallest absolute Gasteiger partial charge is 0.231 e. The lowest BCUT2D eigenvalue weighted by molar-refractivity contribution is 0.174. The average molecular weight is 205 g/mol. The number of rotatable bonds is 1. The van der Waals surface area contributed by atoms with Crippen LogP contribution in [0.2, 0.25) is 5.02 Å². The summed E-state index contributed by atoms with van der Waals surface area (Å²) in [4.78, 5) is 0. The zero-order chi connectivity index (χ0) is 8.55. The molecule has 0 saturated heterocycles. The summed E-state index contributed by atoms with van der Waals surface area (Å²) in [5, 5.41) is 0.620. The average Bonchev–Trinajstić information content (AvgIpc) is 2.49. The van der Waals surface area contributed by atoms with E-state index < -0.39 is 0 Å². The second-order valence-corrected chi connectivity index (χ2v) is 3.10. The number of benzene rings is 1. The number of hydrogen-bond acceptors (Lipinski definition) is 2. The van der Waals surface area contributed by atoms with Gasteiger partial charge in [-0.1, -0.05) is 11.6 Å². The van der Waals surface area contributed by atoms with E-state index >= 15 is 0 Å². The lowest BCUT2D eigenvalue weighted by Crippen LogP contribution is -1.92. The van der Waals surface area contributed by atoms with Crippen molar-refractivity contribution >= 4 is 23.2 Å². The highest BCUT2D eigenvalue weighted by atomic mass is 35.5. The fourth-order valence-electron chi connectivity index (χ4n) is 1.06. The van der Waals surface area contributed by atoms with Crippen LogP contribution in [0.5, 0.6) is 11.5 Å². The Labute approximate surface area is 80.0 Å². The number of alkyl halides is 1. The Hall–Kier alpha value is -0.600. The molecule has 2 nitrogen and oxygen atoms in total. The second-order valence-electron chi connectivity index (χ2n) is 2.43. The van der Waals surface area contributed by atoms with E-state index in [0.717, 1.165) is 11.3 Å². The van der Waals surface area contributed by atoms with Gasteiger partial charge in [-0.05, 0) is 11.6 Å². The van der Waals surface area contributed by atoms with Crippen molar-refractivity contribution in [2.45, 2.75) is 5.88 Å². The molecule has 0 amide bonds. The molecule has 0 atom stereocenters. The maximum Gasteiger partial charge on any atom is 0.231 e. The van der Waals surface area contributed by atoms with Crippen LogP contribution in [0.25, 0.3) is 0 Å². The van der Waals surface area contributed by atoms with Crippen molar-refractivity contribution in [3.63, 3.8) is 0 Å². The molecular weight excluding hydrogens is 199 g/mol. The zero-order valence-electron chi connectivity index (χ0n) is 6.14. The van der Waals surface area contributed by atoms with Crippen molar-refractivity contribution in [2.75, 3.05) is 6.79 Å². The van der Waals surface area contributed by atoms with Gasteiger partial charge in [0.1, 0.15) is 0 Å². The van der Waals surface area contributed by atoms with E-state index in [1.54, 1.807) is 12.1 Å². The lowest BCUT2D eigenvalue weighted by atomic mass is 10.2. The molecule has 64 valence electrons. The van der Waals surface area contributed by atoms with Crippen LogP contribution in [-0.2, 0) is 5.88 Å². The third-order valence-electron chi connectivity index (χ3n) is 1.69. The van der Waals surface area contributed by atoms with E-state index in [0.29, 0.717) is 16.7 Å². The van der Waals surface area contributed by atoms with Crippen LogP contribution >= 0.6 is 23.2 Å². The van der Waals surface area contributed by atoms with E-state index in [1.807, 2.05) is 0 Å². The highest BCUT2D eigenvalue weighted by Gasteiger charge is 2.15. The molecule has 4 heteroatoms. The standard InChI is InChI=1S/C8H6Cl2O2/c9-3-5-1-7-8(2-6(5)10)12-4-11-7/h1-2H,3-4H2. The molecule has 0 saturated carbocycles. The highest BCUT2D eigenvalue weighted by Crippen LogP contribution is 2.37. The molecule has 1 heterocycles. The number of hydrogen-bond donors (Lipinski definition) is 0. The molecule has 0 N–H and O–H groups in total. The van der Waals surface area contributed by atoms with Crippen molar-refractivity contribution in [2.24, 2.45) is 0 Å².